The fourth-order valence-electron chi connectivity index (χ4n) is 3.92. The van der Waals surface area contributed by atoms with Crippen LogP contribution in [0.1, 0.15) is 41.2 Å². The maximum absolute atomic E-state index is 13.8. The van der Waals surface area contributed by atoms with Crippen LogP contribution < -0.4 is 5.01 Å². The van der Waals surface area contributed by atoms with Crippen LogP contribution in [0.3, 0.4) is 0 Å². The molecule has 0 unspecified atom stereocenters. The van der Waals surface area contributed by atoms with Crippen molar-refractivity contribution in [2.24, 2.45) is 0 Å². The highest BCUT2D eigenvalue weighted by Crippen LogP contribution is 2.31. The van der Waals surface area contributed by atoms with Crippen molar-refractivity contribution < 1.29 is 9.90 Å². The number of rotatable bonds is 7. The third kappa shape index (κ3) is 4.64. The molecule has 1 heterocycles. The summed E-state index contributed by atoms with van der Waals surface area (Å²) in [6.07, 6.45) is 0. The molecule has 0 fully saturated rings. The molecular weight excluding hydrogens is 434 g/mol. The summed E-state index contributed by atoms with van der Waals surface area (Å²) in [6.45, 7) is 7.61. The van der Waals surface area contributed by atoms with Crippen LogP contribution in [0.5, 0.6) is 0 Å². The van der Waals surface area contributed by atoms with Crippen molar-refractivity contribution in [1.29, 1.82) is 0 Å². The quantitative estimate of drug-likeness (QED) is 0.206. The number of Topliss-reactive ketones (excluding diaryl/α,β-unsaturated/α-hetero) is 1. The molecule has 0 aliphatic rings. The molecule has 3 aromatic carbocycles. The lowest BCUT2D eigenvalue weighted by Gasteiger charge is -2.26. The molecule has 0 amide bonds. The van der Waals surface area contributed by atoms with Crippen molar-refractivity contribution in [3.8, 4) is 0 Å². The number of nitrogens with zero attached hydrogens (tertiary/aromatic N) is 3. The second kappa shape index (κ2) is 10.4. The van der Waals surface area contributed by atoms with Crippen LogP contribution in [0.25, 0.3) is 22.4 Å². The summed E-state index contributed by atoms with van der Waals surface area (Å²) in [5, 5.41) is 13.5. The van der Waals surface area contributed by atoms with E-state index >= 15 is 0 Å². The molecule has 5 nitrogen and oxygen atoms in total. The van der Waals surface area contributed by atoms with Crippen LogP contribution in [-0.2, 0) is 0 Å². The van der Waals surface area contributed by atoms with Crippen molar-refractivity contribution >= 4 is 40.6 Å². The minimum absolute atomic E-state index is 0. The van der Waals surface area contributed by atoms with Crippen LogP contribution in [0.15, 0.2) is 78.9 Å². The molecular formula is C27H28ClN3O2. The van der Waals surface area contributed by atoms with E-state index in [4.69, 9.17) is 4.98 Å². The highest BCUT2D eigenvalue weighted by Gasteiger charge is 2.27. The number of imidazole rings is 1. The number of aromatic nitrogens is 2. The largest absolute Gasteiger partial charge is 0.506 e. The lowest BCUT2D eigenvalue weighted by atomic mass is 9.98. The predicted octanol–water partition coefficient (Wildman–Crippen LogP) is 6.05. The fourth-order valence-corrected chi connectivity index (χ4v) is 3.92. The van der Waals surface area contributed by atoms with Gasteiger partial charge >= 0.3 is 0 Å². The van der Waals surface area contributed by atoms with E-state index in [1.54, 1.807) is 24.3 Å². The Bertz CT molecular complexity index is 1280. The third-order valence-electron chi connectivity index (χ3n) is 5.57. The van der Waals surface area contributed by atoms with Crippen LogP contribution in [0.2, 0.25) is 0 Å². The van der Waals surface area contributed by atoms with Gasteiger partial charge in [0.15, 0.2) is 5.82 Å². The average molecular weight is 462 g/mol. The van der Waals surface area contributed by atoms with E-state index in [2.05, 4.69) is 24.9 Å². The Kier molecular flexibility index (Phi) is 7.56. The van der Waals surface area contributed by atoms with Crippen molar-refractivity contribution in [3.63, 3.8) is 0 Å². The maximum atomic E-state index is 13.8. The first-order valence-corrected chi connectivity index (χ1v) is 10.9. The summed E-state index contributed by atoms with van der Waals surface area (Å²) in [4.78, 5) is 18.6. The van der Waals surface area contributed by atoms with E-state index in [-0.39, 0.29) is 29.5 Å². The second-order valence-electron chi connectivity index (χ2n) is 7.66. The number of halogens is 1. The molecule has 1 aromatic heterocycles. The van der Waals surface area contributed by atoms with Crippen molar-refractivity contribution in [2.75, 3.05) is 18.1 Å². The number of hydrogen-bond acceptors (Lipinski definition) is 4. The molecule has 1 N–H and O–H groups in total. The fraction of sp³-hybridized carbons (Fsp3) is 0.185. The molecule has 0 spiro atoms. The summed E-state index contributed by atoms with van der Waals surface area (Å²) in [6, 6.07) is 24.2. The SMILES string of the molecule is CCN(CC)n1c(C(C(=O)c2ccccc2)=C(O)c2ccccc2)nc2ccc(C)cc21.Cl. The first-order chi connectivity index (χ1) is 15.5. The van der Waals surface area contributed by atoms with Gasteiger partial charge in [-0.2, -0.15) is 0 Å². The van der Waals surface area contributed by atoms with Crippen LogP contribution in [0.4, 0.5) is 0 Å². The van der Waals surface area contributed by atoms with Crippen LogP contribution >= 0.6 is 12.4 Å². The van der Waals surface area contributed by atoms with Gasteiger partial charge in [-0.25, -0.2) is 9.66 Å². The Hall–Kier alpha value is -3.57. The van der Waals surface area contributed by atoms with Crippen LogP contribution in [0, 0.1) is 6.92 Å². The molecule has 33 heavy (non-hydrogen) atoms. The Morgan fingerprint density at radius 1 is 0.909 bits per heavy atom. The lowest BCUT2D eigenvalue weighted by Crippen LogP contribution is -2.35. The number of carbonyl (C=O) groups excluding carboxylic acids is 1. The first-order valence-electron chi connectivity index (χ1n) is 10.9. The van der Waals surface area contributed by atoms with Crippen molar-refractivity contribution in [3.05, 3.63) is 101 Å². The van der Waals surface area contributed by atoms with E-state index in [9.17, 15) is 9.90 Å². The molecule has 0 radical (unpaired) electrons. The smallest absolute Gasteiger partial charge is 0.200 e. The number of aryl methyl sites for hydroxylation is 1. The van der Waals surface area contributed by atoms with E-state index in [0.717, 1.165) is 29.7 Å². The van der Waals surface area contributed by atoms with Crippen LogP contribution in [-0.4, -0.2) is 33.6 Å². The molecule has 0 saturated carbocycles. The first kappa shape index (κ1) is 24.1. The molecule has 0 aliphatic heterocycles. The summed E-state index contributed by atoms with van der Waals surface area (Å²) in [7, 11) is 0. The Balaban J connectivity index is 0.00000306. The number of fused-ring (bicyclic) bond motifs is 1. The number of allylic oxidation sites excluding steroid dienone is 1. The van der Waals surface area contributed by atoms with Crippen molar-refractivity contribution in [1.82, 2.24) is 9.66 Å². The highest BCUT2D eigenvalue weighted by molar-refractivity contribution is 6.33. The number of aliphatic hydroxyl groups is 1. The van der Waals surface area contributed by atoms with Gasteiger partial charge in [0.05, 0.1) is 11.0 Å². The molecule has 170 valence electrons. The molecule has 0 bridgehead atoms. The number of aliphatic hydroxyl groups excluding tert-OH is 1. The second-order valence-corrected chi connectivity index (χ2v) is 7.66. The van der Waals surface area contributed by atoms with E-state index in [1.807, 2.05) is 60.1 Å². The molecule has 0 atom stereocenters. The van der Waals surface area contributed by atoms with Gasteiger partial charge in [-0.15, -0.1) is 12.4 Å². The summed E-state index contributed by atoms with van der Waals surface area (Å²) in [5.41, 5.74) is 4.03. The molecule has 4 aromatic rings. The van der Waals surface area contributed by atoms with E-state index < -0.39 is 0 Å². The van der Waals surface area contributed by atoms with Gasteiger partial charge in [-0.1, -0.05) is 66.7 Å². The average Bonchev–Trinajstić information content (AvgIpc) is 3.19. The molecule has 0 aliphatic carbocycles. The minimum atomic E-state index is -0.271. The van der Waals surface area contributed by atoms with Gasteiger partial charge in [0, 0.05) is 24.2 Å². The third-order valence-corrected chi connectivity index (χ3v) is 5.57. The van der Waals surface area contributed by atoms with Crippen molar-refractivity contribution in [2.45, 2.75) is 20.8 Å². The van der Waals surface area contributed by atoms with Gasteiger partial charge < -0.3 is 10.1 Å². The zero-order valence-electron chi connectivity index (χ0n) is 19.0. The molecule has 0 saturated heterocycles. The standard InChI is InChI=1S/C27H27N3O2.ClH/c1-4-29(5-2)30-23-18-19(3)16-17-22(23)28-27(30)24(25(31)20-12-8-6-9-13-20)26(32)21-14-10-7-11-15-21;/h6-18,31H,4-5H2,1-3H3;1H. The normalized spacial score (nSPS) is 11.6. The summed E-state index contributed by atoms with van der Waals surface area (Å²) >= 11 is 0. The maximum Gasteiger partial charge on any atom is 0.200 e. The Morgan fingerprint density at radius 2 is 1.48 bits per heavy atom. The Labute approximate surface area is 200 Å². The number of carbonyl (C=O) groups is 1. The molecule has 4 rings (SSSR count). The van der Waals surface area contributed by atoms with Gasteiger partial charge in [0.2, 0.25) is 5.78 Å². The van der Waals surface area contributed by atoms with Gasteiger partial charge in [0.1, 0.15) is 11.3 Å². The number of hydrogen-bond donors (Lipinski definition) is 1. The molecule has 6 heteroatoms. The lowest BCUT2D eigenvalue weighted by molar-refractivity contribution is 0.105. The predicted molar refractivity (Wildman–Crippen MR) is 138 cm³/mol. The zero-order valence-corrected chi connectivity index (χ0v) is 19.8. The van der Waals surface area contributed by atoms with E-state index in [1.165, 1.54) is 0 Å². The highest BCUT2D eigenvalue weighted by atomic mass is 35.5. The van der Waals surface area contributed by atoms with Gasteiger partial charge in [0.25, 0.3) is 0 Å². The summed E-state index contributed by atoms with van der Waals surface area (Å²) in [5.74, 6) is 0.0804. The Morgan fingerprint density at radius 3 is 2.06 bits per heavy atom. The zero-order chi connectivity index (χ0) is 22.7. The number of ketones is 1. The van der Waals surface area contributed by atoms with Gasteiger partial charge in [-0.05, 0) is 38.5 Å². The summed E-state index contributed by atoms with van der Waals surface area (Å²) < 4.78 is 1.97. The minimum Gasteiger partial charge on any atom is -0.506 e. The monoisotopic (exact) mass is 461 g/mol. The van der Waals surface area contributed by atoms with E-state index in [0.29, 0.717) is 17.0 Å². The topological polar surface area (TPSA) is 58.4 Å². The van der Waals surface area contributed by atoms with Gasteiger partial charge in [-0.3, -0.25) is 4.79 Å². The number of benzene rings is 3.